The minimum absolute atomic E-state index is 0.102. The predicted octanol–water partition coefficient (Wildman–Crippen LogP) is 2.11. The van der Waals surface area contributed by atoms with Crippen molar-refractivity contribution in [2.45, 2.75) is 46.1 Å². The van der Waals surface area contributed by atoms with Crippen molar-refractivity contribution in [2.24, 2.45) is 0 Å². The van der Waals surface area contributed by atoms with Gasteiger partial charge in [0, 0.05) is 28.7 Å². The number of nitro benzene ring substituents is 1. The molecular weight excluding hydrogens is 276 g/mol. The summed E-state index contributed by atoms with van der Waals surface area (Å²) < 4.78 is 5.80. The van der Waals surface area contributed by atoms with Crippen molar-refractivity contribution >= 4 is 11.6 Å². The van der Waals surface area contributed by atoms with Crippen LogP contribution in [0.1, 0.15) is 35.6 Å². The average Bonchev–Trinajstić information content (AvgIpc) is 2.43. The zero-order valence-corrected chi connectivity index (χ0v) is 12.4. The number of hydrogen-bond acceptors (Lipinski definition) is 5. The highest BCUT2D eigenvalue weighted by Crippen LogP contribution is 2.43. The van der Waals surface area contributed by atoms with Gasteiger partial charge in [-0.25, -0.2) is 5.48 Å². The maximum absolute atomic E-state index is 11.8. The number of ether oxygens (including phenoxy) is 1. The van der Waals surface area contributed by atoms with Crippen LogP contribution in [0.4, 0.5) is 5.69 Å². The normalized spacial score (nSPS) is 20.4. The summed E-state index contributed by atoms with van der Waals surface area (Å²) in [4.78, 5) is 22.6. The third-order valence-corrected chi connectivity index (χ3v) is 4.28. The van der Waals surface area contributed by atoms with Gasteiger partial charge in [-0.3, -0.25) is 20.1 Å². The molecule has 0 saturated carbocycles. The lowest BCUT2D eigenvalue weighted by Gasteiger charge is -2.35. The highest BCUT2D eigenvalue weighted by Gasteiger charge is 2.41. The monoisotopic (exact) mass is 294 g/mol. The van der Waals surface area contributed by atoms with E-state index in [1.54, 1.807) is 33.2 Å². The third kappa shape index (κ3) is 2.23. The average molecular weight is 294 g/mol. The molecule has 7 nitrogen and oxygen atoms in total. The molecule has 1 aliphatic rings. The summed E-state index contributed by atoms with van der Waals surface area (Å²) in [5.74, 6) is -0.117. The second kappa shape index (κ2) is 5.00. The minimum atomic E-state index is -1.18. The Labute approximate surface area is 122 Å². The molecule has 21 heavy (non-hydrogen) atoms. The molecule has 0 aromatic heterocycles. The number of nitrogens with zero attached hydrogens (tertiary/aromatic N) is 1. The van der Waals surface area contributed by atoms with Crippen LogP contribution in [0.15, 0.2) is 0 Å². The van der Waals surface area contributed by atoms with Crippen LogP contribution in [0.25, 0.3) is 0 Å². The van der Waals surface area contributed by atoms with Crippen molar-refractivity contribution in [2.75, 3.05) is 0 Å². The van der Waals surface area contributed by atoms with E-state index in [1.165, 1.54) is 0 Å². The lowest BCUT2D eigenvalue weighted by Crippen LogP contribution is -2.50. The van der Waals surface area contributed by atoms with Crippen molar-refractivity contribution < 1.29 is 19.7 Å². The Kier molecular flexibility index (Phi) is 3.63. The molecule has 2 rings (SSSR count). The summed E-state index contributed by atoms with van der Waals surface area (Å²) in [6.07, 6.45) is 0.819. The smallest absolute Gasteiger partial charge is 0.287 e. The van der Waals surface area contributed by atoms with E-state index in [2.05, 4.69) is 0 Å². The first-order chi connectivity index (χ1) is 9.73. The van der Waals surface area contributed by atoms with Crippen molar-refractivity contribution in [3.8, 4) is 5.75 Å². The van der Waals surface area contributed by atoms with Gasteiger partial charge in [0.25, 0.3) is 11.6 Å². The molecule has 0 saturated heterocycles. The number of amides is 1. The first kappa shape index (κ1) is 15.2. The van der Waals surface area contributed by atoms with Crippen molar-refractivity contribution in [3.63, 3.8) is 0 Å². The van der Waals surface area contributed by atoms with Crippen LogP contribution >= 0.6 is 0 Å². The molecule has 1 heterocycles. The second-order valence-electron chi connectivity index (χ2n) is 5.56. The summed E-state index contributed by atoms with van der Waals surface area (Å²) >= 11 is 0. The molecule has 1 aliphatic heterocycles. The lowest BCUT2D eigenvalue weighted by atomic mass is 9.86. The van der Waals surface area contributed by atoms with Gasteiger partial charge in [0.1, 0.15) is 5.75 Å². The molecule has 114 valence electrons. The zero-order chi connectivity index (χ0) is 15.9. The van der Waals surface area contributed by atoms with Gasteiger partial charge in [0.15, 0.2) is 5.60 Å². The van der Waals surface area contributed by atoms with E-state index in [-0.39, 0.29) is 10.6 Å². The largest absolute Gasteiger partial charge is 0.477 e. The first-order valence-electron chi connectivity index (χ1n) is 6.63. The summed E-state index contributed by atoms with van der Waals surface area (Å²) in [6.45, 7) is 6.69. The highest BCUT2D eigenvalue weighted by atomic mass is 16.6. The Morgan fingerprint density at radius 3 is 2.48 bits per heavy atom. The van der Waals surface area contributed by atoms with Gasteiger partial charge < -0.3 is 4.74 Å². The number of hydroxylamine groups is 1. The number of benzene rings is 1. The van der Waals surface area contributed by atoms with Crippen LogP contribution in [0.3, 0.4) is 0 Å². The van der Waals surface area contributed by atoms with Gasteiger partial charge in [-0.1, -0.05) is 0 Å². The van der Waals surface area contributed by atoms with Gasteiger partial charge in [0.2, 0.25) is 0 Å². The third-order valence-electron chi connectivity index (χ3n) is 4.28. The minimum Gasteiger partial charge on any atom is -0.477 e. The topological polar surface area (TPSA) is 102 Å². The number of rotatable bonds is 2. The van der Waals surface area contributed by atoms with E-state index in [1.807, 2.05) is 0 Å². The molecule has 1 aromatic carbocycles. The zero-order valence-electron chi connectivity index (χ0n) is 12.4. The summed E-state index contributed by atoms with van der Waals surface area (Å²) in [5.41, 5.74) is 3.05. The summed E-state index contributed by atoms with van der Waals surface area (Å²) in [5, 5.41) is 20.1. The predicted molar refractivity (Wildman–Crippen MR) is 74.6 cm³/mol. The van der Waals surface area contributed by atoms with Crippen LogP contribution < -0.4 is 10.2 Å². The summed E-state index contributed by atoms with van der Waals surface area (Å²) in [6, 6.07) is 0. The Balaban J connectivity index is 2.61. The van der Waals surface area contributed by atoms with E-state index in [4.69, 9.17) is 9.94 Å². The van der Waals surface area contributed by atoms with E-state index in [0.717, 1.165) is 5.56 Å². The SMILES string of the molecule is Cc1c(C)c([N+](=O)[O-])c(C)c2c1OC(C)(C(=O)NO)CC2. The van der Waals surface area contributed by atoms with E-state index in [9.17, 15) is 14.9 Å². The highest BCUT2D eigenvalue weighted by molar-refractivity contribution is 5.84. The Morgan fingerprint density at radius 1 is 1.33 bits per heavy atom. The van der Waals surface area contributed by atoms with Gasteiger partial charge >= 0.3 is 0 Å². The number of hydrogen-bond donors (Lipinski definition) is 2. The maximum atomic E-state index is 11.8. The number of carbonyl (C=O) groups excluding carboxylic acids is 1. The molecule has 0 spiro atoms. The van der Waals surface area contributed by atoms with Crippen LogP contribution in [0, 0.1) is 30.9 Å². The summed E-state index contributed by atoms with van der Waals surface area (Å²) in [7, 11) is 0. The first-order valence-corrected chi connectivity index (χ1v) is 6.63. The Bertz CT molecular complexity index is 641. The van der Waals surface area contributed by atoms with Gasteiger partial charge in [-0.2, -0.15) is 0 Å². The molecule has 1 atom stereocenters. The van der Waals surface area contributed by atoms with Gasteiger partial charge in [-0.15, -0.1) is 0 Å². The molecule has 0 radical (unpaired) electrons. The molecule has 2 N–H and O–H groups in total. The fraction of sp³-hybridized carbons (Fsp3) is 0.500. The molecule has 0 aliphatic carbocycles. The van der Waals surface area contributed by atoms with Crippen LogP contribution in [0.5, 0.6) is 5.75 Å². The van der Waals surface area contributed by atoms with Crippen LogP contribution in [-0.4, -0.2) is 21.6 Å². The van der Waals surface area contributed by atoms with Crippen molar-refractivity contribution in [1.29, 1.82) is 0 Å². The molecule has 0 bridgehead atoms. The number of fused-ring (bicyclic) bond motifs is 1. The standard InChI is InChI=1S/C14H18N2O5/c1-7-8(2)12-10(9(3)11(7)16(19)20)5-6-14(4,21-12)13(17)15-18/h18H,5-6H2,1-4H3,(H,15,17). The number of nitro groups is 1. The van der Waals surface area contributed by atoms with Gasteiger partial charge in [-0.05, 0) is 34.1 Å². The molecule has 1 unspecified atom stereocenters. The van der Waals surface area contributed by atoms with E-state index < -0.39 is 11.5 Å². The fourth-order valence-corrected chi connectivity index (χ4v) is 2.80. The number of carbonyl (C=O) groups is 1. The van der Waals surface area contributed by atoms with E-state index >= 15 is 0 Å². The van der Waals surface area contributed by atoms with E-state index in [0.29, 0.717) is 35.3 Å². The van der Waals surface area contributed by atoms with Crippen LogP contribution in [-0.2, 0) is 11.2 Å². The lowest BCUT2D eigenvalue weighted by molar-refractivity contribution is -0.386. The molecule has 7 heteroatoms. The van der Waals surface area contributed by atoms with Gasteiger partial charge in [0.05, 0.1) is 4.92 Å². The maximum Gasteiger partial charge on any atom is 0.287 e. The molecule has 1 aromatic rings. The molecule has 1 amide bonds. The second-order valence-corrected chi connectivity index (χ2v) is 5.56. The quantitative estimate of drug-likeness (QED) is 0.494. The Hall–Kier alpha value is -2.15. The molecular formula is C14H18N2O5. The van der Waals surface area contributed by atoms with Crippen molar-refractivity contribution in [3.05, 3.63) is 32.4 Å². The van der Waals surface area contributed by atoms with Crippen LogP contribution in [0.2, 0.25) is 0 Å². The molecule has 0 fully saturated rings. The Morgan fingerprint density at radius 2 is 1.95 bits per heavy atom. The fourth-order valence-electron chi connectivity index (χ4n) is 2.80. The van der Waals surface area contributed by atoms with Crippen molar-refractivity contribution in [1.82, 2.24) is 5.48 Å². The number of nitrogens with one attached hydrogen (secondary N) is 1.